The van der Waals surface area contributed by atoms with Crippen molar-refractivity contribution in [3.63, 3.8) is 0 Å². The fourth-order valence-corrected chi connectivity index (χ4v) is 1.93. The molecule has 12 heteroatoms. The summed E-state index contributed by atoms with van der Waals surface area (Å²) in [5, 5.41) is 12.9. The molecule has 1 rings (SSSR count). The Morgan fingerprint density at radius 3 is 2.48 bits per heavy atom. The molecule has 0 bridgehead atoms. The number of hydrogen-bond donors (Lipinski definition) is 1. The number of anilines is 1. The van der Waals surface area contributed by atoms with Crippen molar-refractivity contribution >= 4 is 27.4 Å². The number of benzene rings is 1. The van der Waals surface area contributed by atoms with Crippen LogP contribution < -0.4 is 9.50 Å². The van der Waals surface area contributed by atoms with Gasteiger partial charge in [-0.2, -0.15) is 21.6 Å². The molecule has 0 aliphatic carbocycles. The number of halogens is 3. The maximum absolute atomic E-state index is 12.4. The van der Waals surface area contributed by atoms with E-state index in [1.807, 2.05) is 5.32 Å². The van der Waals surface area contributed by atoms with Crippen LogP contribution in [-0.4, -0.2) is 24.8 Å². The minimum absolute atomic E-state index is 0.0719. The van der Waals surface area contributed by atoms with Gasteiger partial charge in [-0.05, 0) is 12.5 Å². The van der Waals surface area contributed by atoms with E-state index in [-0.39, 0.29) is 6.42 Å². The van der Waals surface area contributed by atoms with Crippen LogP contribution in [0.3, 0.4) is 0 Å². The van der Waals surface area contributed by atoms with Crippen LogP contribution in [0, 0.1) is 10.1 Å². The van der Waals surface area contributed by atoms with Crippen molar-refractivity contribution in [1.82, 2.24) is 0 Å². The van der Waals surface area contributed by atoms with E-state index in [1.54, 1.807) is 6.92 Å². The van der Waals surface area contributed by atoms with Crippen molar-refractivity contribution in [2.24, 2.45) is 0 Å². The number of carbonyl (C=O) groups excluding carboxylic acids is 1. The average Bonchev–Trinajstić information content (AvgIpc) is 2.39. The lowest BCUT2D eigenvalue weighted by atomic mass is 10.2. The highest BCUT2D eigenvalue weighted by Gasteiger charge is 2.49. The number of alkyl halides is 3. The zero-order valence-electron chi connectivity index (χ0n) is 11.6. The van der Waals surface area contributed by atoms with E-state index < -0.39 is 43.6 Å². The van der Waals surface area contributed by atoms with Gasteiger partial charge in [0.1, 0.15) is 0 Å². The third-order valence-electron chi connectivity index (χ3n) is 2.43. The van der Waals surface area contributed by atoms with Crippen LogP contribution in [0.2, 0.25) is 0 Å². The second-order valence-electron chi connectivity index (χ2n) is 4.19. The molecule has 128 valence electrons. The first-order valence-corrected chi connectivity index (χ1v) is 7.48. The first-order chi connectivity index (χ1) is 10.5. The number of hydrogen-bond acceptors (Lipinski definition) is 6. The van der Waals surface area contributed by atoms with Crippen molar-refractivity contribution in [1.29, 1.82) is 0 Å². The Bertz CT molecular complexity index is 717. The summed E-state index contributed by atoms with van der Waals surface area (Å²) in [5.41, 5.74) is -7.28. The Kier molecular flexibility index (Phi) is 5.53. The number of nitrogens with one attached hydrogen (secondary N) is 1. The van der Waals surface area contributed by atoms with E-state index in [0.29, 0.717) is 6.42 Å². The summed E-state index contributed by atoms with van der Waals surface area (Å²) in [7, 11) is -6.04. The van der Waals surface area contributed by atoms with E-state index in [4.69, 9.17) is 0 Å². The molecule has 0 radical (unpaired) electrons. The molecule has 0 heterocycles. The van der Waals surface area contributed by atoms with Crippen LogP contribution in [0.25, 0.3) is 0 Å². The molecule has 23 heavy (non-hydrogen) atoms. The van der Waals surface area contributed by atoms with Gasteiger partial charge in [0.15, 0.2) is 11.4 Å². The fraction of sp³-hybridized carbons (Fsp3) is 0.364. The molecular formula is C11H11F3N2O6S. The zero-order chi connectivity index (χ0) is 17.8. The number of nitro benzene ring substituents is 1. The average molecular weight is 356 g/mol. The van der Waals surface area contributed by atoms with Crippen LogP contribution in [-0.2, 0) is 14.9 Å². The summed E-state index contributed by atoms with van der Waals surface area (Å²) in [6, 6.07) is 2.57. The largest absolute Gasteiger partial charge is 0.534 e. The Hall–Kier alpha value is -2.37. The van der Waals surface area contributed by atoms with Gasteiger partial charge >= 0.3 is 15.6 Å². The smallest absolute Gasteiger partial charge is 0.374 e. The van der Waals surface area contributed by atoms with Gasteiger partial charge in [-0.15, -0.1) is 0 Å². The van der Waals surface area contributed by atoms with E-state index in [1.165, 1.54) is 0 Å². The number of amides is 1. The highest BCUT2D eigenvalue weighted by Crippen LogP contribution is 2.37. The van der Waals surface area contributed by atoms with Crippen molar-refractivity contribution in [2.45, 2.75) is 25.3 Å². The van der Waals surface area contributed by atoms with E-state index in [0.717, 1.165) is 18.2 Å². The van der Waals surface area contributed by atoms with Crippen LogP contribution in [0.5, 0.6) is 5.75 Å². The molecule has 1 aromatic rings. The molecule has 1 N–H and O–H groups in total. The molecular weight excluding hydrogens is 345 g/mol. The number of nitrogens with zero attached hydrogens (tertiary/aromatic N) is 1. The van der Waals surface area contributed by atoms with Gasteiger partial charge in [-0.25, -0.2) is 0 Å². The summed E-state index contributed by atoms with van der Waals surface area (Å²) in [6.45, 7) is 1.63. The van der Waals surface area contributed by atoms with Crippen molar-refractivity contribution in [3.05, 3.63) is 28.3 Å². The van der Waals surface area contributed by atoms with Gasteiger partial charge in [-0.3, -0.25) is 14.9 Å². The molecule has 0 unspecified atom stereocenters. The number of rotatable bonds is 6. The molecule has 1 amide bonds. The highest BCUT2D eigenvalue weighted by atomic mass is 32.2. The van der Waals surface area contributed by atoms with Gasteiger partial charge in [0.25, 0.3) is 5.69 Å². The predicted molar refractivity (Wildman–Crippen MR) is 72.2 cm³/mol. The van der Waals surface area contributed by atoms with E-state index in [9.17, 15) is 36.5 Å². The van der Waals surface area contributed by atoms with Crippen LogP contribution in [0.1, 0.15) is 19.8 Å². The molecule has 0 atom stereocenters. The van der Waals surface area contributed by atoms with Crippen molar-refractivity contribution in [3.8, 4) is 5.75 Å². The molecule has 0 aliphatic rings. The quantitative estimate of drug-likeness (QED) is 0.362. The first-order valence-electron chi connectivity index (χ1n) is 6.07. The molecule has 0 saturated carbocycles. The normalized spacial score (nSPS) is 11.8. The standard InChI is InChI=1S/C11H11F3N2O6S/c1-2-4-9(17)15-10-7(16(18)19)5-3-6-8(10)22-23(20,21)11(12,13)14/h3,5-6H,2,4H2,1H3,(H,15,17). The first kappa shape index (κ1) is 18.7. The minimum Gasteiger partial charge on any atom is -0.374 e. The molecule has 0 fully saturated rings. The summed E-state index contributed by atoms with van der Waals surface area (Å²) in [6.07, 6.45) is 0.293. The summed E-state index contributed by atoms with van der Waals surface area (Å²) in [5.74, 6) is -1.74. The van der Waals surface area contributed by atoms with Crippen LogP contribution >= 0.6 is 0 Å². The van der Waals surface area contributed by atoms with Gasteiger partial charge in [-0.1, -0.05) is 13.0 Å². The van der Waals surface area contributed by atoms with Crippen molar-refractivity contribution < 1.29 is 35.5 Å². The highest BCUT2D eigenvalue weighted by molar-refractivity contribution is 7.88. The number of nitro groups is 1. The van der Waals surface area contributed by atoms with E-state index in [2.05, 4.69) is 4.18 Å². The molecule has 0 aliphatic heterocycles. The molecule has 0 saturated heterocycles. The SMILES string of the molecule is CCCC(=O)Nc1c(OS(=O)(=O)C(F)(F)F)cccc1[N+](=O)[O-]. The predicted octanol–water partition coefficient (Wildman–Crippen LogP) is 2.56. The van der Waals surface area contributed by atoms with Crippen LogP contribution in [0.15, 0.2) is 18.2 Å². The minimum atomic E-state index is -6.04. The Labute approximate surface area is 128 Å². The third-order valence-corrected chi connectivity index (χ3v) is 3.39. The summed E-state index contributed by atoms with van der Waals surface area (Å²) < 4.78 is 63.0. The van der Waals surface area contributed by atoms with Crippen LogP contribution in [0.4, 0.5) is 24.5 Å². The number of para-hydroxylation sites is 1. The number of carbonyl (C=O) groups is 1. The summed E-state index contributed by atoms with van der Waals surface area (Å²) >= 11 is 0. The molecule has 8 nitrogen and oxygen atoms in total. The third kappa shape index (κ3) is 4.55. The van der Waals surface area contributed by atoms with Gasteiger partial charge in [0, 0.05) is 12.5 Å². The maximum Gasteiger partial charge on any atom is 0.534 e. The van der Waals surface area contributed by atoms with Gasteiger partial charge in [0.2, 0.25) is 5.91 Å². The second kappa shape index (κ2) is 6.81. The lowest BCUT2D eigenvalue weighted by molar-refractivity contribution is -0.384. The van der Waals surface area contributed by atoms with E-state index >= 15 is 0 Å². The Morgan fingerprint density at radius 1 is 1.39 bits per heavy atom. The molecule has 0 spiro atoms. The Balaban J connectivity index is 3.35. The molecule has 1 aromatic carbocycles. The Morgan fingerprint density at radius 2 is 2.00 bits per heavy atom. The lowest BCUT2D eigenvalue weighted by Crippen LogP contribution is -2.28. The van der Waals surface area contributed by atoms with Gasteiger partial charge in [0.05, 0.1) is 4.92 Å². The molecule has 0 aromatic heterocycles. The summed E-state index contributed by atoms with van der Waals surface area (Å²) in [4.78, 5) is 21.5. The zero-order valence-corrected chi connectivity index (χ0v) is 12.4. The fourth-order valence-electron chi connectivity index (χ4n) is 1.46. The monoisotopic (exact) mass is 356 g/mol. The topological polar surface area (TPSA) is 116 Å². The van der Waals surface area contributed by atoms with Crippen molar-refractivity contribution in [2.75, 3.05) is 5.32 Å². The lowest BCUT2D eigenvalue weighted by Gasteiger charge is -2.13. The maximum atomic E-state index is 12.4. The van der Waals surface area contributed by atoms with Gasteiger partial charge < -0.3 is 9.50 Å². The second-order valence-corrected chi connectivity index (χ2v) is 5.73.